The topological polar surface area (TPSA) is 84.5 Å². The standard InChI is InChI=1S/C22H21ClN2O4S/c1-14-4-10-19(30(27,28)25-17-6-8-18(29-3)9-7-17)13-20(14)22(26)24-21-11-5-16(23)12-15(21)2/h4-13,25H,1-3H3,(H,24,26). The van der Waals surface area contributed by atoms with Crippen LogP contribution in [-0.4, -0.2) is 21.4 Å². The highest BCUT2D eigenvalue weighted by Gasteiger charge is 2.19. The van der Waals surface area contributed by atoms with Crippen LogP contribution < -0.4 is 14.8 Å². The summed E-state index contributed by atoms with van der Waals surface area (Å²) in [7, 11) is -2.35. The molecule has 0 heterocycles. The number of hydrogen-bond acceptors (Lipinski definition) is 4. The number of carbonyl (C=O) groups is 1. The van der Waals surface area contributed by atoms with Crippen LogP contribution >= 0.6 is 11.6 Å². The number of ether oxygens (including phenoxy) is 1. The summed E-state index contributed by atoms with van der Waals surface area (Å²) in [4.78, 5) is 12.8. The van der Waals surface area contributed by atoms with Gasteiger partial charge in [-0.1, -0.05) is 17.7 Å². The molecule has 30 heavy (non-hydrogen) atoms. The third-order valence-corrected chi connectivity index (χ3v) is 6.16. The Kier molecular flexibility index (Phi) is 6.34. The van der Waals surface area contributed by atoms with E-state index < -0.39 is 15.9 Å². The lowest BCUT2D eigenvalue weighted by Gasteiger charge is -2.13. The van der Waals surface area contributed by atoms with E-state index in [2.05, 4.69) is 10.0 Å². The van der Waals surface area contributed by atoms with Crippen molar-refractivity contribution >= 4 is 38.9 Å². The van der Waals surface area contributed by atoms with E-state index in [9.17, 15) is 13.2 Å². The molecule has 0 fully saturated rings. The number of methoxy groups -OCH3 is 1. The molecule has 0 saturated heterocycles. The van der Waals surface area contributed by atoms with Crippen molar-refractivity contribution in [2.45, 2.75) is 18.7 Å². The number of rotatable bonds is 6. The Morgan fingerprint density at radius 1 is 0.933 bits per heavy atom. The molecule has 6 nitrogen and oxygen atoms in total. The lowest BCUT2D eigenvalue weighted by atomic mass is 10.1. The Bertz CT molecular complexity index is 1190. The minimum absolute atomic E-state index is 0.0121. The molecule has 3 rings (SSSR count). The van der Waals surface area contributed by atoms with E-state index in [1.807, 2.05) is 6.92 Å². The van der Waals surface area contributed by atoms with Gasteiger partial charge in [-0.2, -0.15) is 0 Å². The van der Waals surface area contributed by atoms with Crippen LogP contribution in [0.2, 0.25) is 5.02 Å². The molecule has 2 N–H and O–H groups in total. The third-order valence-electron chi connectivity index (χ3n) is 4.54. The molecule has 0 aromatic heterocycles. The number of aryl methyl sites for hydroxylation is 2. The Morgan fingerprint density at radius 3 is 2.27 bits per heavy atom. The van der Waals surface area contributed by atoms with Crippen LogP contribution in [0.5, 0.6) is 5.75 Å². The summed E-state index contributed by atoms with van der Waals surface area (Å²) in [6.45, 7) is 3.57. The van der Waals surface area contributed by atoms with E-state index >= 15 is 0 Å². The van der Waals surface area contributed by atoms with Gasteiger partial charge in [0.2, 0.25) is 0 Å². The van der Waals surface area contributed by atoms with Crippen molar-refractivity contribution in [3.05, 3.63) is 82.4 Å². The van der Waals surface area contributed by atoms with Gasteiger partial charge in [-0.15, -0.1) is 0 Å². The highest BCUT2D eigenvalue weighted by atomic mass is 35.5. The normalized spacial score (nSPS) is 11.1. The molecule has 0 aliphatic carbocycles. The lowest BCUT2D eigenvalue weighted by Crippen LogP contribution is -2.17. The number of amides is 1. The Hall–Kier alpha value is -3.03. The molecular formula is C22H21ClN2O4S. The predicted octanol–water partition coefficient (Wildman–Crippen LogP) is 5.02. The molecular weight excluding hydrogens is 424 g/mol. The molecule has 0 unspecified atom stereocenters. The van der Waals surface area contributed by atoms with Gasteiger partial charge >= 0.3 is 0 Å². The Balaban J connectivity index is 1.86. The van der Waals surface area contributed by atoms with Gasteiger partial charge in [-0.25, -0.2) is 8.42 Å². The molecule has 0 aliphatic heterocycles. The summed E-state index contributed by atoms with van der Waals surface area (Å²) >= 11 is 5.96. The highest BCUT2D eigenvalue weighted by molar-refractivity contribution is 7.92. The van der Waals surface area contributed by atoms with Gasteiger partial charge < -0.3 is 10.1 Å². The van der Waals surface area contributed by atoms with Gasteiger partial charge in [-0.3, -0.25) is 9.52 Å². The van der Waals surface area contributed by atoms with Crippen LogP contribution in [0.1, 0.15) is 21.5 Å². The van der Waals surface area contributed by atoms with E-state index in [0.29, 0.717) is 27.7 Å². The number of halogens is 1. The van der Waals surface area contributed by atoms with Crippen molar-refractivity contribution < 1.29 is 17.9 Å². The molecule has 0 aliphatic rings. The first-order chi connectivity index (χ1) is 14.2. The predicted molar refractivity (Wildman–Crippen MR) is 119 cm³/mol. The van der Waals surface area contributed by atoms with Crippen LogP contribution in [-0.2, 0) is 10.0 Å². The van der Waals surface area contributed by atoms with Gasteiger partial charge in [0.25, 0.3) is 15.9 Å². The van der Waals surface area contributed by atoms with Crippen molar-refractivity contribution in [1.29, 1.82) is 0 Å². The van der Waals surface area contributed by atoms with Crippen molar-refractivity contribution in [3.8, 4) is 5.75 Å². The maximum absolute atomic E-state index is 12.8. The van der Waals surface area contributed by atoms with Gasteiger partial charge in [0.05, 0.1) is 12.0 Å². The minimum Gasteiger partial charge on any atom is -0.497 e. The second-order valence-corrected chi connectivity index (χ2v) is 8.84. The van der Waals surface area contributed by atoms with Crippen LogP contribution in [0.3, 0.4) is 0 Å². The van der Waals surface area contributed by atoms with E-state index in [1.165, 1.54) is 19.2 Å². The van der Waals surface area contributed by atoms with Crippen LogP contribution in [0.4, 0.5) is 11.4 Å². The summed E-state index contributed by atoms with van der Waals surface area (Å²) in [5.74, 6) is 0.212. The zero-order valence-electron chi connectivity index (χ0n) is 16.7. The summed E-state index contributed by atoms with van der Waals surface area (Å²) in [6.07, 6.45) is 0. The summed E-state index contributed by atoms with van der Waals surface area (Å²) in [6, 6.07) is 16.1. The summed E-state index contributed by atoms with van der Waals surface area (Å²) in [5, 5.41) is 3.38. The van der Waals surface area contributed by atoms with Crippen molar-refractivity contribution in [3.63, 3.8) is 0 Å². The van der Waals surface area contributed by atoms with Crippen LogP contribution in [0.25, 0.3) is 0 Å². The number of sulfonamides is 1. The highest BCUT2D eigenvalue weighted by Crippen LogP contribution is 2.24. The largest absolute Gasteiger partial charge is 0.497 e. The second-order valence-electron chi connectivity index (χ2n) is 6.72. The number of hydrogen-bond donors (Lipinski definition) is 2. The lowest BCUT2D eigenvalue weighted by molar-refractivity contribution is 0.102. The van der Waals surface area contributed by atoms with Gasteiger partial charge in [0.1, 0.15) is 5.75 Å². The van der Waals surface area contributed by atoms with Gasteiger partial charge in [-0.05, 0) is 79.6 Å². The SMILES string of the molecule is COc1ccc(NS(=O)(=O)c2ccc(C)c(C(=O)Nc3ccc(Cl)cc3C)c2)cc1. The molecule has 0 atom stereocenters. The maximum atomic E-state index is 12.8. The van der Waals surface area contributed by atoms with Gasteiger partial charge in [0.15, 0.2) is 0 Å². The van der Waals surface area contributed by atoms with Crippen molar-refractivity contribution in [1.82, 2.24) is 0 Å². The molecule has 3 aromatic rings. The zero-order chi connectivity index (χ0) is 21.9. The van der Waals surface area contributed by atoms with E-state index in [0.717, 1.165) is 5.56 Å². The molecule has 1 amide bonds. The first-order valence-electron chi connectivity index (χ1n) is 9.04. The third kappa shape index (κ3) is 4.93. The van der Waals surface area contributed by atoms with E-state index in [4.69, 9.17) is 16.3 Å². The Labute approximate surface area is 180 Å². The average Bonchev–Trinajstić information content (AvgIpc) is 2.70. The monoisotopic (exact) mass is 444 g/mol. The number of anilines is 2. The molecule has 0 radical (unpaired) electrons. The number of carbonyl (C=O) groups excluding carboxylic acids is 1. The molecule has 0 spiro atoms. The molecule has 8 heteroatoms. The summed E-state index contributed by atoms with van der Waals surface area (Å²) in [5.41, 5.74) is 2.72. The Morgan fingerprint density at radius 2 is 1.63 bits per heavy atom. The maximum Gasteiger partial charge on any atom is 0.261 e. The first-order valence-corrected chi connectivity index (χ1v) is 10.9. The fraction of sp³-hybridized carbons (Fsp3) is 0.136. The molecule has 0 saturated carbocycles. The number of benzene rings is 3. The second kappa shape index (κ2) is 8.77. The molecule has 3 aromatic carbocycles. The van der Waals surface area contributed by atoms with Crippen LogP contribution in [0.15, 0.2) is 65.6 Å². The van der Waals surface area contributed by atoms with E-state index in [1.54, 1.807) is 55.5 Å². The van der Waals surface area contributed by atoms with Crippen LogP contribution in [0, 0.1) is 13.8 Å². The fourth-order valence-electron chi connectivity index (χ4n) is 2.84. The zero-order valence-corrected chi connectivity index (χ0v) is 18.3. The fourth-order valence-corrected chi connectivity index (χ4v) is 4.15. The van der Waals surface area contributed by atoms with Crippen molar-refractivity contribution in [2.75, 3.05) is 17.1 Å². The smallest absolute Gasteiger partial charge is 0.261 e. The molecule has 156 valence electrons. The van der Waals surface area contributed by atoms with Gasteiger partial charge in [0, 0.05) is 22.0 Å². The quantitative estimate of drug-likeness (QED) is 0.559. The minimum atomic E-state index is -3.88. The first kappa shape index (κ1) is 21.7. The average molecular weight is 445 g/mol. The molecule has 0 bridgehead atoms. The summed E-state index contributed by atoms with van der Waals surface area (Å²) < 4.78 is 33.2. The number of nitrogens with one attached hydrogen (secondary N) is 2. The van der Waals surface area contributed by atoms with Crippen molar-refractivity contribution in [2.24, 2.45) is 0 Å². The van der Waals surface area contributed by atoms with E-state index in [-0.39, 0.29) is 10.5 Å².